The first-order chi connectivity index (χ1) is 10.8. The van der Waals surface area contributed by atoms with Crippen LogP contribution < -0.4 is 4.31 Å². The van der Waals surface area contributed by atoms with E-state index in [0.717, 1.165) is 4.31 Å². The maximum absolute atomic E-state index is 12.9. The molecule has 0 amide bonds. The van der Waals surface area contributed by atoms with Crippen molar-refractivity contribution in [2.24, 2.45) is 0 Å². The number of aryl methyl sites for hydroxylation is 1. The van der Waals surface area contributed by atoms with Gasteiger partial charge >= 0.3 is 0 Å². The molecule has 0 aromatic heterocycles. The molecule has 2 aromatic carbocycles. The number of para-hydroxylation sites is 1. The molecule has 0 bridgehead atoms. The third kappa shape index (κ3) is 3.30. The van der Waals surface area contributed by atoms with Crippen molar-refractivity contribution in [3.8, 4) is 0 Å². The van der Waals surface area contributed by atoms with Gasteiger partial charge in [0.15, 0.2) is 4.90 Å². The fraction of sp³-hybridized carbons (Fsp3) is 0.200. The zero-order chi connectivity index (χ0) is 17.2. The molecule has 0 radical (unpaired) electrons. The average molecular weight is 355 g/mol. The Kier molecular flexibility index (Phi) is 4.91. The van der Waals surface area contributed by atoms with Crippen LogP contribution in [0.2, 0.25) is 5.02 Å². The third-order valence-electron chi connectivity index (χ3n) is 3.36. The van der Waals surface area contributed by atoms with Crippen LogP contribution >= 0.6 is 11.6 Å². The molecule has 6 nitrogen and oxygen atoms in total. The monoisotopic (exact) mass is 354 g/mol. The van der Waals surface area contributed by atoms with Crippen molar-refractivity contribution in [1.82, 2.24) is 0 Å². The molecule has 0 atom stereocenters. The fourth-order valence-electron chi connectivity index (χ4n) is 2.27. The summed E-state index contributed by atoms with van der Waals surface area (Å²) in [6.07, 6.45) is 0. The molecule has 122 valence electrons. The van der Waals surface area contributed by atoms with Gasteiger partial charge in [0, 0.05) is 17.6 Å². The zero-order valence-electron chi connectivity index (χ0n) is 12.6. The minimum atomic E-state index is -4.09. The number of rotatable bonds is 5. The van der Waals surface area contributed by atoms with Gasteiger partial charge in [-0.1, -0.05) is 29.8 Å². The molecule has 0 saturated heterocycles. The van der Waals surface area contributed by atoms with Crippen LogP contribution in [0.4, 0.5) is 11.4 Å². The molecule has 0 N–H and O–H groups in total. The van der Waals surface area contributed by atoms with Crippen molar-refractivity contribution in [2.45, 2.75) is 18.7 Å². The van der Waals surface area contributed by atoms with E-state index in [2.05, 4.69) is 0 Å². The second kappa shape index (κ2) is 6.55. The molecule has 0 unspecified atom stereocenters. The van der Waals surface area contributed by atoms with Gasteiger partial charge in [-0.25, -0.2) is 8.42 Å². The van der Waals surface area contributed by atoms with E-state index in [1.165, 1.54) is 30.3 Å². The Morgan fingerprint density at radius 1 is 1.22 bits per heavy atom. The first kappa shape index (κ1) is 17.2. The number of anilines is 1. The van der Waals surface area contributed by atoms with Crippen LogP contribution in [-0.2, 0) is 10.0 Å². The van der Waals surface area contributed by atoms with Crippen molar-refractivity contribution < 1.29 is 13.3 Å². The van der Waals surface area contributed by atoms with Gasteiger partial charge in [-0.15, -0.1) is 0 Å². The van der Waals surface area contributed by atoms with Crippen LogP contribution in [0.3, 0.4) is 0 Å². The standard InChI is InChI=1S/C15H15ClN2O4S/c1-3-17(14-10-12(16)9-8-11(14)2)23(21,22)15-7-5-4-6-13(15)18(19)20/h4-10H,3H2,1-2H3. The number of nitrogens with zero attached hydrogens (tertiary/aromatic N) is 2. The van der Waals surface area contributed by atoms with Gasteiger partial charge < -0.3 is 0 Å². The highest BCUT2D eigenvalue weighted by molar-refractivity contribution is 7.93. The highest BCUT2D eigenvalue weighted by Gasteiger charge is 2.31. The zero-order valence-corrected chi connectivity index (χ0v) is 14.1. The van der Waals surface area contributed by atoms with Gasteiger partial charge in [0.25, 0.3) is 15.7 Å². The summed E-state index contributed by atoms with van der Waals surface area (Å²) in [6.45, 7) is 3.53. The van der Waals surface area contributed by atoms with Crippen molar-refractivity contribution in [3.05, 3.63) is 63.2 Å². The lowest BCUT2D eigenvalue weighted by Gasteiger charge is -2.24. The Morgan fingerprint density at radius 2 is 1.87 bits per heavy atom. The van der Waals surface area contributed by atoms with Gasteiger partial charge in [-0.2, -0.15) is 0 Å². The van der Waals surface area contributed by atoms with Crippen molar-refractivity contribution in [2.75, 3.05) is 10.8 Å². The van der Waals surface area contributed by atoms with Gasteiger partial charge in [0.1, 0.15) is 0 Å². The van der Waals surface area contributed by atoms with Crippen LogP contribution in [0.15, 0.2) is 47.4 Å². The molecule has 0 aliphatic carbocycles. The first-order valence-corrected chi connectivity index (χ1v) is 8.63. The molecule has 0 fully saturated rings. The second-order valence-corrected chi connectivity index (χ2v) is 7.09. The Labute approximate surface area is 139 Å². The number of hydrogen-bond acceptors (Lipinski definition) is 4. The molecule has 23 heavy (non-hydrogen) atoms. The minimum absolute atomic E-state index is 0.121. The summed E-state index contributed by atoms with van der Waals surface area (Å²) < 4.78 is 27.0. The smallest absolute Gasteiger partial charge is 0.266 e. The van der Waals surface area contributed by atoms with Crippen molar-refractivity contribution in [3.63, 3.8) is 0 Å². The average Bonchev–Trinajstić information content (AvgIpc) is 2.51. The lowest BCUT2D eigenvalue weighted by atomic mass is 10.2. The van der Waals surface area contributed by atoms with Gasteiger partial charge in [-0.3, -0.25) is 14.4 Å². The van der Waals surface area contributed by atoms with E-state index in [1.54, 1.807) is 26.0 Å². The Balaban J connectivity index is 2.66. The van der Waals surface area contributed by atoms with E-state index in [4.69, 9.17) is 11.6 Å². The Bertz CT molecular complexity index is 852. The number of halogens is 1. The van der Waals surface area contributed by atoms with Crippen LogP contribution in [-0.4, -0.2) is 19.9 Å². The van der Waals surface area contributed by atoms with Crippen LogP contribution in [0, 0.1) is 17.0 Å². The van der Waals surface area contributed by atoms with E-state index in [-0.39, 0.29) is 11.4 Å². The maximum atomic E-state index is 12.9. The summed E-state index contributed by atoms with van der Waals surface area (Å²) in [6, 6.07) is 10.2. The number of nitro groups is 1. The summed E-state index contributed by atoms with van der Waals surface area (Å²) in [7, 11) is -4.09. The van der Waals surface area contributed by atoms with E-state index >= 15 is 0 Å². The summed E-state index contributed by atoms with van der Waals surface area (Å²) in [4.78, 5) is 10.1. The molecular formula is C15H15ClN2O4S. The second-order valence-electron chi connectivity index (χ2n) is 4.83. The lowest BCUT2D eigenvalue weighted by Crippen LogP contribution is -2.31. The van der Waals surface area contributed by atoms with Crippen LogP contribution in [0.5, 0.6) is 0 Å². The summed E-state index contributed by atoms with van der Waals surface area (Å²) in [5, 5.41) is 11.5. The lowest BCUT2D eigenvalue weighted by molar-refractivity contribution is -0.387. The molecule has 0 saturated carbocycles. The van der Waals surface area contributed by atoms with Crippen LogP contribution in [0.25, 0.3) is 0 Å². The SMILES string of the molecule is CCN(c1cc(Cl)ccc1C)S(=O)(=O)c1ccccc1[N+](=O)[O-]. The number of nitro benzene ring substituents is 1. The molecule has 0 aliphatic heterocycles. The molecule has 0 aliphatic rings. The molecule has 8 heteroatoms. The van der Waals surface area contributed by atoms with Gasteiger partial charge in [0.2, 0.25) is 0 Å². The first-order valence-electron chi connectivity index (χ1n) is 6.81. The molecule has 0 heterocycles. The molecule has 2 aromatic rings. The summed E-state index contributed by atoms with van der Waals surface area (Å²) >= 11 is 5.97. The van der Waals surface area contributed by atoms with E-state index < -0.39 is 20.6 Å². The molecular weight excluding hydrogens is 340 g/mol. The van der Waals surface area contributed by atoms with Crippen LogP contribution in [0.1, 0.15) is 12.5 Å². The summed E-state index contributed by atoms with van der Waals surface area (Å²) in [5.74, 6) is 0. The molecule has 2 rings (SSSR count). The normalized spacial score (nSPS) is 11.3. The highest BCUT2D eigenvalue weighted by atomic mass is 35.5. The number of benzene rings is 2. The fourth-order valence-corrected chi connectivity index (χ4v) is 4.12. The van der Waals surface area contributed by atoms with E-state index in [0.29, 0.717) is 16.3 Å². The quantitative estimate of drug-likeness (QED) is 0.604. The van der Waals surface area contributed by atoms with E-state index in [9.17, 15) is 18.5 Å². The van der Waals surface area contributed by atoms with Crippen molar-refractivity contribution >= 4 is 33.0 Å². The summed E-state index contributed by atoms with van der Waals surface area (Å²) in [5.41, 5.74) is 0.655. The molecule has 0 spiro atoms. The third-order valence-corrected chi connectivity index (χ3v) is 5.53. The largest absolute Gasteiger partial charge is 0.289 e. The predicted molar refractivity (Wildman–Crippen MR) is 89.5 cm³/mol. The Morgan fingerprint density at radius 3 is 2.48 bits per heavy atom. The maximum Gasteiger partial charge on any atom is 0.289 e. The van der Waals surface area contributed by atoms with Gasteiger partial charge in [-0.05, 0) is 37.6 Å². The van der Waals surface area contributed by atoms with E-state index in [1.807, 2.05) is 0 Å². The minimum Gasteiger partial charge on any atom is -0.266 e. The predicted octanol–water partition coefficient (Wildman–Crippen LogP) is 3.77. The topological polar surface area (TPSA) is 80.5 Å². The number of hydrogen-bond donors (Lipinski definition) is 0. The number of sulfonamides is 1. The van der Waals surface area contributed by atoms with Gasteiger partial charge in [0.05, 0.1) is 10.6 Å². The highest BCUT2D eigenvalue weighted by Crippen LogP contribution is 2.32. The van der Waals surface area contributed by atoms with Crippen molar-refractivity contribution in [1.29, 1.82) is 0 Å². The Hall–Kier alpha value is -2.12.